The lowest BCUT2D eigenvalue weighted by molar-refractivity contribution is 0.296. The summed E-state index contributed by atoms with van der Waals surface area (Å²) in [6.07, 6.45) is 4.34. The maximum atomic E-state index is 5.62. The molecule has 1 aromatic rings. The lowest BCUT2D eigenvalue weighted by atomic mass is 10.2. The molecule has 1 saturated carbocycles. The first kappa shape index (κ1) is 14.2. The van der Waals surface area contributed by atoms with Crippen LogP contribution in [0.4, 0.5) is 0 Å². The molecule has 3 nitrogen and oxygen atoms in total. The predicted octanol–water partition coefficient (Wildman–Crippen LogP) is 3.47. The van der Waals surface area contributed by atoms with E-state index < -0.39 is 0 Å². The number of rotatable bonds is 8. The van der Waals surface area contributed by atoms with E-state index in [1.165, 1.54) is 23.9 Å². The first-order valence-corrected chi connectivity index (χ1v) is 7.14. The minimum absolute atomic E-state index is 0.448. The topological polar surface area (TPSA) is 30.5 Å². The molecule has 2 rings (SSSR count). The molecule has 0 radical (unpaired) electrons. The van der Waals surface area contributed by atoms with Crippen LogP contribution in [0.3, 0.4) is 0 Å². The lowest BCUT2D eigenvalue weighted by Crippen LogP contribution is -2.15. The van der Waals surface area contributed by atoms with Crippen LogP contribution in [0, 0.1) is 0 Å². The summed E-state index contributed by atoms with van der Waals surface area (Å²) < 4.78 is 11.2. The largest absolute Gasteiger partial charge is 0.490 e. The Morgan fingerprint density at radius 1 is 1.32 bits per heavy atom. The van der Waals surface area contributed by atoms with E-state index in [1.807, 2.05) is 19.1 Å². The first-order chi connectivity index (χ1) is 9.33. The van der Waals surface area contributed by atoms with Gasteiger partial charge in [-0.2, -0.15) is 0 Å². The second kappa shape index (κ2) is 7.41. The Hall–Kier alpha value is -1.19. The standard InChI is InChI=1S/C15H20ClNO2/c1-2-18-15-10-12(11-17-13-5-6-13)4-7-14(15)19-9-3-8-16/h3-4,7-8,10,13,17H,2,5-6,9,11H2,1H3/b8-3+. The molecule has 4 heteroatoms. The lowest BCUT2D eigenvalue weighted by Gasteiger charge is -2.12. The Morgan fingerprint density at radius 2 is 2.16 bits per heavy atom. The molecule has 1 aliphatic carbocycles. The van der Waals surface area contributed by atoms with Crippen LogP contribution >= 0.6 is 11.6 Å². The van der Waals surface area contributed by atoms with Crippen molar-refractivity contribution >= 4 is 11.6 Å². The normalized spacial score (nSPS) is 14.8. The van der Waals surface area contributed by atoms with Crippen LogP contribution in [0.1, 0.15) is 25.3 Å². The SMILES string of the molecule is CCOc1cc(CNC2CC2)ccc1OC/C=C/Cl. The van der Waals surface area contributed by atoms with Gasteiger partial charge < -0.3 is 14.8 Å². The van der Waals surface area contributed by atoms with Crippen LogP contribution in [0.15, 0.2) is 29.8 Å². The fraction of sp³-hybridized carbons (Fsp3) is 0.467. The predicted molar refractivity (Wildman–Crippen MR) is 78.0 cm³/mol. The number of hydrogen-bond acceptors (Lipinski definition) is 3. The number of ether oxygens (including phenoxy) is 2. The highest BCUT2D eigenvalue weighted by Gasteiger charge is 2.20. The van der Waals surface area contributed by atoms with E-state index in [0.29, 0.717) is 19.3 Å². The molecule has 1 N–H and O–H groups in total. The Kier molecular flexibility index (Phi) is 5.55. The number of benzene rings is 1. The van der Waals surface area contributed by atoms with Gasteiger partial charge in [-0.1, -0.05) is 17.7 Å². The molecule has 0 amide bonds. The summed E-state index contributed by atoms with van der Waals surface area (Å²) in [7, 11) is 0. The fourth-order valence-electron chi connectivity index (χ4n) is 1.77. The van der Waals surface area contributed by atoms with Gasteiger partial charge in [0.1, 0.15) is 6.61 Å². The van der Waals surface area contributed by atoms with Crippen LogP contribution in [-0.4, -0.2) is 19.3 Å². The molecule has 0 spiro atoms. The maximum absolute atomic E-state index is 5.62. The zero-order valence-electron chi connectivity index (χ0n) is 11.2. The molecule has 19 heavy (non-hydrogen) atoms. The van der Waals surface area contributed by atoms with Crippen LogP contribution in [0.5, 0.6) is 11.5 Å². The van der Waals surface area contributed by atoms with Gasteiger partial charge in [0.2, 0.25) is 0 Å². The van der Waals surface area contributed by atoms with E-state index >= 15 is 0 Å². The molecule has 0 aromatic heterocycles. The molecule has 0 unspecified atom stereocenters. The number of nitrogens with one attached hydrogen (secondary N) is 1. The Balaban J connectivity index is 1.99. The average molecular weight is 282 g/mol. The molecule has 0 aliphatic heterocycles. The van der Waals surface area contributed by atoms with E-state index in [4.69, 9.17) is 21.1 Å². The van der Waals surface area contributed by atoms with Crippen molar-refractivity contribution in [2.24, 2.45) is 0 Å². The summed E-state index contributed by atoms with van der Waals surface area (Å²) in [5.74, 6) is 1.55. The van der Waals surface area contributed by atoms with Crippen molar-refractivity contribution in [2.75, 3.05) is 13.2 Å². The summed E-state index contributed by atoms with van der Waals surface area (Å²) in [4.78, 5) is 0. The molecule has 0 bridgehead atoms. The Labute approximate surface area is 119 Å². The summed E-state index contributed by atoms with van der Waals surface area (Å²) in [6, 6.07) is 6.77. The number of halogens is 1. The molecule has 1 aliphatic rings. The summed E-state index contributed by atoms with van der Waals surface area (Å²) in [6.45, 7) is 3.93. The van der Waals surface area contributed by atoms with E-state index in [2.05, 4.69) is 11.4 Å². The van der Waals surface area contributed by atoms with Crippen molar-refractivity contribution in [3.8, 4) is 11.5 Å². The molecule has 0 atom stereocenters. The quantitative estimate of drug-likeness (QED) is 0.791. The van der Waals surface area contributed by atoms with Crippen LogP contribution in [0.25, 0.3) is 0 Å². The molecule has 1 aromatic carbocycles. The highest BCUT2D eigenvalue weighted by molar-refractivity contribution is 6.25. The Bertz CT molecular complexity index is 430. The second-order valence-corrected chi connectivity index (χ2v) is 4.79. The smallest absolute Gasteiger partial charge is 0.161 e. The van der Waals surface area contributed by atoms with Crippen molar-refractivity contribution in [2.45, 2.75) is 32.4 Å². The first-order valence-electron chi connectivity index (χ1n) is 6.70. The third-order valence-corrected chi connectivity index (χ3v) is 3.08. The van der Waals surface area contributed by atoms with Gasteiger partial charge in [0.25, 0.3) is 0 Å². The highest BCUT2D eigenvalue weighted by Crippen LogP contribution is 2.29. The second-order valence-electron chi connectivity index (χ2n) is 4.54. The molecular formula is C15H20ClNO2. The molecule has 104 valence electrons. The van der Waals surface area contributed by atoms with Gasteiger partial charge in [-0.25, -0.2) is 0 Å². The van der Waals surface area contributed by atoms with E-state index in [1.54, 1.807) is 6.08 Å². The highest BCUT2D eigenvalue weighted by atomic mass is 35.5. The summed E-state index contributed by atoms with van der Waals surface area (Å²) in [5.41, 5.74) is 2.67. The third kappa shape index (κ3) is 4.77. The molecule has 1 fully saturated rings. The molecule has 0 heterocycles. The van der Waals surface area contributed by atoms with Crippen LogP contribution < -0.4 is 14.8 Å². The van der Waals surface area contributed by atoms with Crippen molar-refractivity contribution in [1.82, 2.24) is 5.32 Å². The Morgan fingerprint density at radius 3 is 2.84 bits per heavy atom. The summed E-state index contributed by atoms with van der Waals surface area (Å²) in [5, 5.41) is 3.49. The van der Waals surface area contributed by atoms with Crippen LogP contribution in [-0.2, 0) is 6.54 Å². The van der Waals surface area contributed by atoms with Gasteiger partial charge in [-0.15, -0.1) is 0 Å². The summed E-state index contributed by atoms with van der Waals surface area (Å²) >= 11 is 5.47. The molecular weight excluding hydrogens is 262 g/mol. The zero-order valence-corrected chi connectivity index (χ0v) is 12.0. The van der Waals surface area contributed by atoms with Gasteiger partial charge in [-0.3, -0.25) is 0 Å². The van der Waals surface area contributed by atoms with Crippen molar-refractivity contribution in [3.63, 3.8) is 0 Å². The van der Waals surface area contributed by atoms with Gasteiger partial charge in [-0.05, 0) is 43.5 Å². The van der Waals surface area contributed by atoms with Gasteiger partial charge in [0, 0.05) is 18.1 Å². The van der Waals surface area contributed by atoms with E-state index in [0.717, 1.165) is 18.0 Å². The van der Waals surface area contributed by atoms with E-state index in [-0.39, 0.29) is 0 Å². The van der Waals surface area contributed by atoms with Crippen LogP contribution in [0.2, 0.25) is 0 Å². The zero-order chi connectivity index (χ0) is 13.5. The van der Waals surface area contributed by atoms with Gasteiger partial charge in [0.05, 0.1) is 6.61 Å². The van der Waals surface area contributed by atoms with Crippen molar-refractivity contribution in [3.05, 3.63) is 35.4 Å². The third-order valence-electron chi connectivity index (χ3n) is 2.90. The van der Waals surface area contributed by atoms with Crippen molar-refractivity contribution in [1.29, 1.82) is 0 Å². The number of hydrogen-bond donors (Lipinski definition) is 1. The van der Waals surface area contributed by atoms with Gasteiger partial charge in [0.15, 0.2) is 11.5 Å². The van der Waals surface area contributed by atoms with Gasteiger partial charge >= 0.3 is 0 Å². The molecule has 0 saturated heterocycles. The minimum atomic E-state index is 0.448. The van der Waals surface area contributed by atoms with Crippen molar-refractivity contribution < 1.29 is 9.47 Å². The monoisotopic (exact) mass is 281 g/mol. The fourth-order valence-corrected chi connectivity index (χ4v) is 1.85. The minimum Gasteiger partial charge on any atom is -0.490 e. The van der Waals surface area contributed by atoms with E-state index in [9.17, 15) is 0 Å². The average Bonchev–Trinajstić information content (AvgIpc) is 3.23. The maximum Gasteiger partial charge on any atom is 0.161 e.